The minimum Gasteiger partial charge on any atom is -0.508 e. The largest absolute Gasteiger partial charge is 0.508 e. The van der Waals surface area contributed by atoms with E-state index in [2.05, 4.69) is 34.4 Å². The Morgan fingerprint density at radius 2 is 1.79 bits per heavy atom. The highest BCUT2D eigenvalue weighted by molar-refractivity contribution is 5.88. The second-order valence-electron chi connectivity index (χ2n) is 7.65. The summed E-state index contributed by atoms with van der Waals surface area (Å²) in [6.45, 7) is 0. The maximum absolute atomic E-state index is 10.1. The summed E-state index contributed by atoms with van der Waals surface area (Å²) in [5.41, 5.74) is 9.71. The number of hydrogen-bond donors (Lipinski definition) is 2. The fraction of sp³-hybridized carbons (Fsp3) is 0.200. The summed E-state index contributed by atoms with van der Waals surface area (Å²) in [6, 6.07) is 24.3. The van der Waals surface area contributed by atoms with Crippen LogP contribution in [0.3, 0.4) is 0 Å². The number of benzene rings is 3. The molecular weight excluding hydrogens is 360 g/mol. The third-order valence-corrected chi connectivity index (χ3v) is 5.95. The maximum atomic E-state index is 10.1. The number of aromatic nitrogens is 1. The van der Waals surface area contributed by atoms with E-state index >= 15 is 0 Å². The Bertz CT molecular complexity index is 1150. The summed E-state index contributed by atoms with van der Waals surface area (Å²) >= 11 is 0. The molecule has 1 atom stereocenters. The van der Waals surface area contributed by atoms with Crippen LogP contribution in [0, 0.1) is 0 Å². The summed E-state index contributed by atoms with van der Waals surface area (Å²) in [6.07, 6.45) is 3.05. The van der Waals surface area contributed by atoms with Crippen molar-refractivity contribution >= 4 is 16.6 Å². The van der Waals surface area contributed by atoms with Crippen LogP contribution in [0.1, 0.15) is 29.2 Å². The van der Waals surface area contributed by atoms with Gasteiger partial charge < -0.3 is 9.84 Å². The highest BCUT2D eigenvalue weighted by Crippen LogP contribution is 2.39. The molecule has 1 aliphatic rings. The molecule has 4 aromatic rings. The first-order valence-corrected chi connectivity index (χ1v) is 10.0. The second kappa shape index (κ2) is 7.21. The topological polar surface area (TPSA) is 46.4 Å². The van der Waals surface area contributed by atoms with Crippen LogP contribution in [0.15, 0.2) is 72.8 Å². The number of aryl methyl sites for hydroxylation is 1. The van der Waals surface area contributed by atoms with E-state index in [-0.39, 0.29) is 0 Å². The Kier molecular flexibility index (Phi) is 4.39. The highest BCUT2D eigenvalue weighted by Gasteiger charge is 2.27. The number of phenols is 1. The van der Waals surface area contributed by atoms with Gasteiger partial charge in [-0.3, -0.25) is 10.1 Å². The fourth-order valence-corrected chi connectivity index (χ4v) is 4.47. The van der Waals surface area contributed by atoms with E-state index in [1.54, 1.807) is 13.2 Å². The molecule has 0 fully saturated rings. The molecule has 1 heterocycles. The molecule has 0 amide bonds. The predicted molar refractivity (Wildman–Crippen MR) is 117 cm³/mol. The summed E-state index contributed by atoms with van der Waals surface area (Å²) in [4.78, 5) is 0. The Hall–Kier alpha value is -3.40. The number of ether oxygens (including phenoxy) is 1. The van der Waals surface area contributed by atoms with Gasteiger partial charge in [-0.05, 0) is 78.8 Å². The van der Waals surface area contributed by atoms with Crippen molar-refractivity contribution in [3.05, 3.63) is 89.6 Å². The van der Waals surface area contributed by atoms with Crippen LogP contribution in [0.2, 0.25) is 0 Å². The van der Waals surface area contributed by atoms with Crippen molar-refractivity contribution in [1.82, 2.24) is 4.68 Å². The number of aromatic hydroxyl groups is 1. The third kappa shape index (κ3) is 3.21. The molecule has 0 aliphatic heterocycles. The molecule has 0 spiro atoms. The van der Waals surface area contributed by atoms with E-state index in [1.807, 2.05) is 42.5 Å². The van der Waals surface area contributed by atoms with E-state index in [0.717, 1.165) is 41.6 Å². The number of fused-ring (bicyclic) bond motifs is 3. The average molecular weight is 384 g/mol. The van der Waals surface area contributed by atoms with Gasteiger partial charge in [0.15, 0.2) is 0 Å². The van der Waals surface area contributed by atoms with Crippen molar-refractivity contribution < 1.29 is 9.84 Å². The number of hydrogen-bond acceptors (Lipinski definition) is 3. The molecule has 0 saturated heterocycles. The summed E-state index contributed by atoms with van der Waals surface area (Å²) in [7, 11) is 1.70. The summed E-state index contributed by atoms with van der Waals surface area (Å²) < 4.78 is 7.52. The van der Waals surface area contributed by atoms with Crippen molar-refractivity contribution in [3.8, 4) is 11.5 Å². The molecule has 1 aliphatic carbocycles. The SMILES string of the molecule is COc1ccc(C2CCc3c(n(Nc4ccccc4)c4ccc(O)cc34)C2)cc1. The van der Waals surface area contributed by atoms with Crippen LogP contribution < -0.4 is 10.2 Å². The molecular formula is C25H24N2O2. The van der Waals surface area contributed by atoms with Crippen molar-refractivity contribution in [3.63, 3.8) is 0 Å². The number of rotatable bonds is 4. The number of methoxy groups -OCH3 is 1. The van der Waals surface area contributed by atoms with Crippen LogP contribution in [0.5, 0.6) is 11.5 Å². The molecule has 1 aromatic heterocycles. The van der Waals surface area contributed by atoms with Gasteiger partial charge in [-0.1, -0.05) is 30.3 Å². The second-order valence-corrected chi connectivity index (χ2v) is 7.65. The number of nitrogens with zero attached hydrogens (tertiary/aromatic N) is 1. The molecule has 146 valence electrons. The van der Waals surface area contributed by atoms with Gasteiger partial charge >= 0.3 is 0 Å². The normalized spacial score (nSPS) is 15.8. The van der Waals surface area contributed by atoms with Crippen LogP contribution in [-0.4, -0.2) is 16.9 Å². The van der Waals surface area contributed by atoms with Gasteiger partial charge in [-0.2, -0.15) is 0 Å². The summed E-state index contributed by atoms with van der Waals surface area (Å²) in [5, 5.41) is 11.2. The first-order valence-electron chi connectivity index (χ1n) is 10.0. The molecule has 2 N–H and O–H groups in total. The first-order chi connectivity index (χ1) is 14.2. The monoisotopic (exact) mass is 384 g/mol. The lowest BCUT2D eigenvalue weighted by Gasteiger charge is -2.25. The number of para-hydroxylation sites is 1. The standard InChI is InChI=1S/C25H24N2O2/c1-29-21-11-7-17(8-12-21)18-9-13-22-23-16-20(28)10-14-24(23)27(25(22)15-18)26-19-5-3-2-4-6-19/h2-8,10-12,14,16,18,26,28H,9,13,15H2,1H3. The zero-order valence-corrected chi connectivity index (χ0v) is 16.4. The predicted octanol–water partition coefficient (Wildman–Crippen LogP) is 5.50. The van der Waals surface area contributed by atoms with Crippen LogP contribution in [-0.2, 0) is 12.8 Å². The van der Waals surface area contributed by atoms with Gasteiger partial charge in [0, 0.05) is 11.1 Å². The van der Waals surface area contributed by atoms with Gasteiger partial charge in [0.1, 0.15) is 11.5 Å². The molecule has 4 nitrogen and oxygen atoms in total. The van der Waals surface area contributed by atoms with Crippen LogP contribution in [0.4, 0.5) is 5.69 Å². The van der Waals surface area contributed by atoms with E-state index in [9.17, 15) is 5.11 Å². The van der Waals surface area contributed by atoms with Gasteiger partial charge in [0.2, 0.25) is 0 Å². The highest BCUT2D eigenvalue weighted by atomic mass is 16.5. The van der Waals surface area contributed by atoms with Crippen molar-refractivity contribution in [2.75, 3.05) is 12.5 Å². The Balaban J connectivity index is 1.58. The zero-order valence-electron chi connectivity index (χ0n) is 16.4. The molecule has 1 unspecified atom stereocenters. The average Bonchev–Trinajstić information content (AvgIpc) is 3.07. The van der Waals surface area contributed by atoms with E-state index < -0.39 is 0 Å². The lowest BCUT2D eigenvalue weighted by atomic mass is 9.82. The molecule has 4 heteroatoms. The molecule has 3 aromatic carbocycles. The van der Waals surface area contributed by atoms with Crippen molar-refractivity contribution in [2.45, 2.75) is 25.2 Å². The van der Waals surface area contributed by atoms with Gasteiger partial charge in [-0.15, -0.1) is 0 Å². The van der Waals surface area contributed by atoms with E-state index in [4.69, 9.17) is 4.74 Å². The lowest BCUT2D eigenvalue weighted by Crippen LogP contribution is -2.19. The lowest BCUT2D eigenvalue weighted by molar-refractivity contribution is 0.414. The Morgan fingerprint density at radius 3 is 2.55 bits per heavy atom. The smallest absolute Gasteiger partial charge is 0.118 e. The molecule has 0 radical (unpaired) electrons. The van der Waals surface area contributed by atoms with Crippen molar-refractivity contribution in [2.24, 2.45) is 0 Å². The minimum absolute atomic E-state index is 0.314. The van der Waals surface area contributed by atoms with Crippen LogP contribution >= 0.6 is 0 Å². The minimum atomic E-state index is 0.314. The summed E-state index contributed by atoms with van der Waals surface area (Å²) in [5.74, 6) is 1.66. The first kappa shape index (κ1) is 17.7. The molecule has 0 saturated carbocycles. The van der Waals surface area contributed by atoms with Crippen molar-refractivity contribution in [1.29, 1.82) is 0 Å². The molecule has 29 heavy (non-hydrogen) atoms. The molecule has 5 rings (SSSR count). The third-order valence-electron chi connectivity index (χ3n) is 5.95. The van der Waals surface area contributed by atoms with Gasteiger partial charge in [0.25, 0.3) is 0 Å². The van der Waals surface area contributed by atoms with Crippen LogP contribution in [0.25, 0.3) is 10.9 Å². The number of phenolic OH excluding ortho intramolecular Hbond substituents is 1. The number of nitrogens with one attached hydrogen (secondary N) is 1. The van der Waals surface area contributed by atoms with E-state index in [1.165, 1.54) is 16.8 Å². The van der Waals surface area contributed by atoms with E-state index in [0.29, 0.717) is 11.7 Å². The molecule has 0 bridgehead atoms. The zero-order chi connectivity index (χ0) is 19.8. The van der Waals surface area contributed by atoms with Gasteiger partial charge in [0.05, 0.1) is 18.3 Å². The quantitative estimate of drug-likeness (QED) is 0.488. The Morgan fingerprint density at radius 1 is 1.00 bits per heavy atom. The fourth-order valence-electron chi connectivity index (χ4n) is 4.47. The number of anilines is 1. The maximum Gasteiger partial charge on any atom is 0.118 e. The van der Waals surface area contributed by atoms with Gasteiger partial charge in [-0.25, -0.2) is 0 Å². The Labute approximate surface area is 170 Å².